The zero-order valence-corrected chi connectivity index (χ0v) is 10.1. The van der Waals surface area contributed by atoms with Crippen molar-refractivity contribution in [3.8, 4) is 11.5 Å². The molecule has 0 spiro atoms. The third kappa shape index (κ3) is 1.49. The quantitative estimate of drug-likeness (QED) is 0.761. The van der Waals surface area contributed by atoms with E-state index in [9.17, 15) is 4.79 Å². The van der Waals surface area contributed by atoms with Gasteiger partial charge in [-0.1, -0.05) is 0 Å². The number of ether oxygens (including phenoxy) is 3. The molecule has 0 amide bonds. The summed E-state index contributed by atoms with van der Waals surface area (Å²) in [5.41, 5.74) is 1.52. The molecule has 0 saturated heterocycles. The van der Waals surface area contributed by atoms with Gasteiger partial charge in [0.2, 0.25) is 0 Å². The van der Waals surface area contributed by atoms with Crippen LogP contribution in [-0.4, -0.2) is 20.2 Å². The molecule has 4 heteroatoms. The van der Waals surface area contributed by atoms with Crippen molar-refractivity contribution in [3.05, 3.63) is 35.4 Å². The Labute approximate surface area is 104 Å². The molecule has 0 saturated carbocycles. The third-order valence-corrected chi connectivity index (χ3v) is 3.15. The molecule has 1 aliphatic heterocycles. The first kappa shape index (κ1) is 10.9. The van der Waals surface area contributed by atoms with Crippen molar-refractivity contribution >= 4 is 16.7 Å². The van der Waals surface area contributed by atoms with E-state index in [1.807, 2.05) is 24.3 Å². The largest absolute Gasteiger partial charge is 0.497 e. The molecule has 0 aliphatic carbocycles. The highest BCUT2D eigenvalue weighted by molar-refractivity contribution is 6.01. The van der Waals surface area contributed by atoms with Crippen LogP contribution in [0.5, 0.6) is 11.5 Å². The number of hydrogen-bond acceptors (Lipinski definition) is 4. The van der Waals surface area contributed by atoms with Crippen LogP contribution >= 0.6 is 0 Å². The fourth-order valence-corrected chi connectivity index (χ4v) is 2.21. The van der Waals surface area contributed by atoms with Gasteiger partial charge >= 0.3 is 5.97 Å². The number of carbonyl (C=O) groups excluding carboxylic acids is 1. The summed E-state index contributed by atoms with van der Waals surface area (Å²) in [6.45, 7) is 0.333. The summed E-state index contributed by atoms with van der Waals surface area (Å²) in [4.78, 5) is 11.5. The number of benzene rings is 2. The number of esters is 1. The molecular weight excluding hydrogens is 232 g/mol. The van der Waals surface area contributed by atoms with E-state index in [0.29, 0.717) is 17.9 Å². The Hall–Kier alpha value is -2.23. The molecule has 0 bridgehead atoms. The predicted molar refractivity (Wildman–Crippen MR) is 66.2 cm³/mol. The second kappa shape index (κ2) is 3.91. The van der Waals surface area contributed by atoms with Gasteiger partial charge in [-0.2, -0.15) is 0 Å². The molecule has 18 heavy (non-hydrogen) atoms. The lowest BCUT2D eigenvalue weighted by atomic mass is 10.0. The standard InChI is InChI=1S/C14H12O4/c1-16-10-3-8-4-12-9(7-18-14(12)15)5-11(8)13(6-10)17-2/h3-6H,7H2,1-2H3. The van der Waals surface area contributed by atoms with Crippen LogP contribution in [0.25, 0.3) is 10.8 Å². The zero-order valence-electron chi connectivity index (χ0n) is 10.1. The molecule has 92 valence electrons. The van der Waals surface area contributed by atoms with Gasteiger partial charge in [-0.25, -0.2) is 4.79 Å². The van der Waals surface area contributed by atoms with Crippen molar-refractivity contribution < 1.29 is 19.0 Å². The summed E-state index contributed by atoms with van der Waals surface area (Å²) in [6.07, 6.45) is 0. The van der Waals surface area contributed by atoms with Gasteiger partial charge in [-0.3, -0.25) is 0 Å². The van der Waals surface area contributed by atoms with Crippen LogP contribution in [0.3, 0.4) is 0 Å². The maximum atomic E-state index is 11.5. The van der Waals surface area contributed by atoms with Crippen LogP contribution in [-0.2, 0) is 11.3 Å². The van der Waals surface area contributed by atoms with E-state index in [-0.39, 0.29) is 5.97 Å². The smallest absolute Gasteiger partial charge is 0.338 e. The monoisotopic (exact) mass is 244 g/mol. The van der Waals surface area contributed by atoms with Crippen molar-refractivity contribution in [1.29, 1.82) is 0 Å². The molecule has 2 aromatic carbocycles. The first-order valence-corrected chi connectivity index (χ1v) is 5.58. The van der Waals surface area contributed by atoms with Crippen molar-refractivity contribution in [2.75, 3.05) is 14.2 Å². The van der Waals surface area contributed by atoms with Crippen LogP contribution in [0.2, 0.25) is 0 Å². The Kier molecular flexibility index (Phi) is 2.37. The Morgan fingerprint density at radius 1 is 1.11 bits per heavy atom. The van der Waals surface area contributed by atoms with E-state index in [4.69, 9.17) is 14.2 Å². The minimum Gasteiger partial charge on any atom is -0.497 e. The van der Waals surface area contributed by atoms with E-state index in [1.54, 1.807) is 14.2 Å². The molecule has 0 aromatic heterocycles. The fourth-order valence-electron chi connectivity index (χ4n) is 2.21. The van der Waals surface area contributed by atoms with Gasteiger partial charge in [0.1, 0.15) is 18.1 Å². The van der Waals surface area contributed by atoms with Gasteiger partial charge in [-0.05, 0) is 23.6 Å². The lowest BCUT2D eigenvalue weighted by molar-refractivity contribution is 0.0535. The molecule has 4 nitrogen and oxygen atoms in total. The van der Waals surface area contributed by atoms with Gasteiger partial charge < -0.3 is 14.2 Å². The molecule has 0 N–H and O–H groups in total. The van der Waals surface area contributed by atoms with Gasteiger partial charge in [0.25, 0.3) is 0 Å². The topological polar surface area (TPSA) is 44.8 Å². The van der Waals surface area contributed by atoms with Crippen LogP contribution < -0.4 is 9.47 Å². The second-order valence-electron chi connectivity index (χ2n) is 4.14. The van der Waals surface area contributed by atoms with E-state index < -0.39 is 0 Å². The Balaban J connectivity index is 2.32. The average molecular weight is 244 g/mol. The Bertz CT molecular complexity index is 646. The molecule has 1 aliphatic rings. The van der Waals surface area contributed by atoms with Crippen LogP contribution in [0.15, 0.2) is 24.3 Å². The molecule has 2 aromatic rings. The Morgan fingerprint density at radius 2 is 1.94 bits per heavy atom. The zero-order chi connectivity index (χ0) is 12.7. The fraction of sp³-hybridized carbons (Fsp3) is 0.214. The van der Waals surface area contributed by atoms with Gasteiger partial charge in [-0.15, -0.1) is 0 Å². The summed E-state index contributed by atoms with van der Waals surface area (Å²) in [5, 5.41) is 1.86. The van der Waals surface area contributed by atoms with Crippen LogP contribution in [0.4, 0.5) is 0 Å². The molecular formula is C14H12O4. The molecule has 3 rings (SSSR count). The highest BCUT2D eigenvalue weighted by atomic mass is 16.5. The van der Waals surface area contributed by atoms with Gasteiger partial charge in [0.05, 0.1) is 19.8 Å². The lowest BCUT2D eigenvalue weighted by Gasteiger charge is -2.09. The highest BCUT2D eigenvalue weighted by Gasteiger charge is 2.22. The van der Waals surface area contributed by atoms with Crippen LogP contribution in [0.1, 0.15) is 15.9 Å². The summed E-state index contributed by atoms with van der Waals surface area (Å²) in [5.74, 6) is 1.16. The van der Waals surface area contributed by atoms with Crippen molar-refractivity contribution in [2.24, 2.45) is 0 Å². The van der Waals surface area contributed by atoms with Gasteiger partial charge in [0.15, 0.2) is 0 Å². The van der Waals surface area contributed by atoms with Crippen LogP contribution in [0, 0.1) is 0 Å². The lowest BCUT2D eigenvalue weighted by Crippen LogP contribution is -1.94. The number of hydrogen-bond donors (Lipinski definition) is 0. The minimum absolute atomic E-state index is 0.270. The van der Waals surface area contributed by atoms with E-state index in [0.717, 1.165) is 22.1 Å². The van der Waals surface area contributed by atoms with Crippen molar-refractivity contribution in [2.45, 2.75) is 6.61 Å². The van der Waals surface area contributed by atoms with Crippen molar-refractivity contribution in [3.63, 3.8) is 0 Å². The summed E-state index contributed by atoms with van der Waals surface area (Å²) in [7, 11) is 3.21. The molecule has 0 radical (unpaired) electrons. The Morgan fingerprint density at radius 3 is 2.67 bits per heavy atom. The predicted octanol–water partition coefficient (Wildman–Crippen LogP) is 2.53. The minimum atomic E-state index is -0.270. The van der Waals surface area contributed by atoms with Gasteiger partial charge in [0, 0.05) is 17.0 Å². The second-order valence-corrected chi connectivity index (χ2v) is 4.14. The first-order chi connectivity index (χ1) is 8.72. The molecule has 0 fully saturated rings. The summed E-state index contributed by atoms with van der Waals surface area (Å²) < 4.78 is 15.6. The van der Waals surface area contributed by atoms with E-state index >= 15 is 0 Å². The maximum Gasteiger partial charge on any atom is 0.338 e. The number of fused-ring (bicyclic) bond motifs is 2. The first-order valence-electron chi connectivity index (χ1n) is 5.58. The SMILES string of the molecule is COc1cc(OC)c2cc3c(cc2c1)C(=O)OC3. The number of rotatable bonds is 2. The summed E-state index contributed by atoms with van der Waals surface area (Å²) >= 11 is 0. The average Bonchev–Trinajstić information content (AvgIpc) is 2.76. The number of carbonyl (C=O) groups is 1. The van der Waals surface area contributed by atoms with E-state index in [2.05, 4.69) is 0 Å². The highest BCUT2D eigenvalue weighted by Crippen LogP contribution is 2.35. The summed E-state index contributed by atoms with van der Waals surface area (Å²) in [6, 6.07) is 7.47. The van der Waals surface area contributed by atoms with E-state index in [1.165, 1.54) is 0 Å². The van der Waals surface area contributed by atoms with Crippen molar-refractivity contribution in [1.82, 2.24) is 0 Å². The molecule has 0 atom stereocenters. The molecule has 1 heterocycles. The maximum absolute atomic E-state index is 11.5. The third-order valence-electron chi connectivity index (χ3n) is 3.15. The number of cyclic esters (lactones) is 1. The number of methoxy groups -OCH3 is 2. The normalized spacial score (nSPS) is 13.3. The molecule has 0 unspecified atom stereocenters.